The standard InChI is InChI=1S/C13H24N4/c1-4-17(12-5-6-12)10-8-14-11(2)13-15-7-9-16(13)3/h7,9,11-12,14H,4-6,8,10H2,1-3H3. The molecule has 0 spiro atoms. The summed E-state index contributed by atoms with van der Waals surface area (Å²) < 4.78 is 2.08. The molecule has 17 heavy (non-hydrogen) atoms. The molecule has 1 aromatic rings. The average Bonchev–Trinajstić information content (AvgIpc) is 3.06. The molecule has 1 fully saturated rings. The van der Waals surface area contributed by atoms with Crippen LogP contribution in [0.2, 0.25) is 0 Å². The van der Waals surface area contributed by atoms with E-state index in [-0.39, 0.29) is 0 Å². The summed E-state index contributed by atoms with van der Waals surface area (Å²) in [5, 5.41) is 3.55. The molecule has 0 amide bonds. The van der Waals surface area contributed by atoms with Crippen molar-refractivity contribution >= 4 is 0 Å². The Morgan fingerprint density at radius 3 is 2.88 bits per heavy atom. The van der Waals surface area contributed by atoms with Gasteiger partial charge in [0.05, 0.1) is 6.04 Å². The molecule has 96 valence electrons. The van der Waals surface area contributed by atoms with Crippen molar-refractivity contribution in [2.75, 3.05) is 19.6 Å². The first-order valence-corrected chi connectivity index (χ1v) is 6.67. The van der Waals surface area contributed by atoms with Crippen LogP contribution in [0.3, 0.4) is 0 Å². The predicted molar refractivity (Wildman–Crippen MR) is 69.9 cm³/mol. The second-order valence-corrected chi connectivity index (χ2v) is 4.93. The van der Waals surface area contributed by atoms with Crippen LogP contribution < -0.4 is 5.32 Å². The fourth-order valence-corrected chi connectivity index (χ4v) is 2.35. The van der Waals surface area contributed by atoms with E-state index < -0.39 is 0 Å². The summed E-state index contributed by atoms with van der Waals surface area (Å²) in [5.74, 6) is 1.11. The highest BCUT2D eigenvalue weighted by Gasteiger charge is 2.27. The molecular weight excluding hydrogens is 212 g/mol. The first kappa shape index (κ1) is 12.6. The number of nitrogens with zero attached hydrogens (tertiary/aromatic N) is 3. The zero-order chi connectivity index (χ0) is 12.3. The van der Waals surface area contributed by atoms with Crippen LogP contribution in [0.15, 0.2) is 12.4 Å². The summed E-state index contributed by atoms with van der Waals surface area (Å²) in [7, 11) is 2.04. The average molecular weight is 236 g/mol. The number of rotatable bonds is 7. The number of hydrogen-bond acceptors (Lipinski definition) is 3. The highest BCUT2D eigenvalue weighted by atomic mass is 15.2. The van der Waals surface area contributed by atoms with Crippen molar-refractivity contribution in [2.45, 2.75) is 38.8 Å². The zero-order valence-electron chi connectivity index (χ0n) is 11.2. The number of aromatic nitrogens is 2. The molecule has 0 aliphatic heterocycles. The fourth-order valence-electron chi connectivity index (χ4n) is 2.35. The SMILES string of the molecule is CCN(CCNC(C)c1nccn1C)C1CC1. The number of likely N-dealkylation sites (N-methyl/N-ethyl adjacent to an activating group) is 1. The minimum absolute atomic E-state index is 0.327. The van der Waals surface area contributed by atoms with E-state index in [0.29, 0.717) is 6.04 Å². The molecular formula is C13H24N4. The lowest BCUT2D eigenvalue weighted by molar-refractivity contribution is 0.272. The van der Waals surface area contributed by atoms with Crippen LogP contribution in [0, 0.1) is 0 Å². The summed E-state index contributed by atoms with van der Waals surface area (Å²) >= 11 is 0. The maximum atomic E-state index is 4.37. The predicted octanol–water partition coefficient (Wildman–Crippen LogP) is 1.55. The van der Waals surface area contributed by atoms with E-state index in [0.717, 1.165) is 25.0 Å². The van der Waals surface area contributed by atoms with E-state index in [4.69, 9.17) is 0 Å². The molecule has 1 heterocycles. The largest absolute Gasteiger partial charge is 0.337 e. The van der Waals surface area contributed by atoms with Crippen LogP contribution in [0.4, 0.5) is 0 Å². The molecule has 1 aliphatic carbocycles. The second-order valence-electron chi connectivity index (χ2n) is 4.93. The van der Waals surface area contributed by atoms with Crippen molar-refractivity contribution in [3.8, 4) is 0 Å². The Morgan fingerprint density at radius 2 is 2.35 bits per heavy atom. The summed E-state index contributed by atoms with van der Waals surface area (Å²) in [5.41, 5.74) is 0. The van der Waals surface area contributed by atoms with Gasteiger partial charge in [0, 0.05) is 38.6 Å². The molecule has 1 aromatic heterocycles. The topological polar surface area (TPSA) is 33.1 Å². The molecule has 0 aromatic carbocycles. The fraction of sp³-hybridized carbons (Fsp3) is 0.769. The first-order chi connectivity index (χ1) is 8.22. The molecule has 0 radical (unpaired) electrons. The summed E-state index contributed by atoms with van der Waals surface area (Å²) in [6.45, 7) is 7.79. The maximum Gasteiger partial charge on any atom is 0.125 e. The lowest BCUT2D eigenvalue weighted by Gasteiger charge is -2.21. The van der Waals surface area contributed by atoms with E-state index in [1.54, 1.807) is 0 Å². The molecule has 1 saturated carbocycles. The van der Waals surface area contributed by atoms with E-state index >= 15 is 0 Å². The van der Waals surface area contributed by atoms with Gasteiger partial charge in [0.25, 0.3) is 0 Å². The lowest BCUT2D eigenvalue weighted by Crippen LogP contribution is -2.35. The van der Waals surface area contributed by atoms with Crippen LogP contribution in [-0.4, -0.2) is 40.1 Å². The molecule has 4 nitrogen and oxygen atoms in total. The number of nitrogens with one attached hydrogen (secondary N) is 1. The van der Waals surface area contributed by atoms with Gasteiger partial charge in [0.1, 0.15) is 5.82 Å². The monoisotopic (exact) mass is 236 g/mol. The Bertz CT molecular complexity index is 343. The molecule has 0 saturated heterocycles. The first-order valence-electron chi connectivity index (χ1n) is 6.67. The molecule has 1 unspecified atom stereocenters. The van der Waals surface area contributed by atoms with Crippen LogP contribution in [0.1, 0.15) is 38.6 Å². The van der Waals surface area contributed by atoms with Crippen LogP contribution in [0.25, 0.3) is 0 Å². The van der Waals surface area contributed by atoms with Gasteiger partial charge in [0.15, 0.2) is 0 Å². The third kappa shape index (κ3) is 3.30. The highest BCUT2D eigenvalue weighted by molar-refractivity contribution is 4.97. The Labute approximate surface area is 104 Å². The smallest absolute Gasteiger partial charge is 0.125 e. The molecule has 0 bridgehead atoms. The van der Waals surface area contributed by atoms with Gasteiger partial charge in [-0.3, -0.25) is 4.90 Å². The zero-order valence-corrected chi connectivity index (χ0v) is 11.2. The van der Waals surface area contributed by atoms with Crippen molar-refractivity contribution < 1.29 is 0 Å². The minimum Gasteiger partial charge on any atom is -0.337 e. The van der Waals surface area contributed by atoms with Crippen molar-refractivity contribution in [3.63, 3.8) is 0 Å². The molecule has 1 N–H and O–H groups in total. The van der Waals surface area contributed by atoms with Crippen molar-refractivity contribution in [1.29, 1.82) is 0 Å². The maximum absolute atomic E-state index is 4.37. The van der Waals surface area contributed by atoms with Gasteiger partial charge < -0.3 is 9.88 Å². The minimum atomic E-state index is 0.327. The van der Waals surface area contributed by atoms with E-state index in [9.17, 15) is 0 Å². The van der Waals surface area contributed by atoms with Crippen LogP contribution in [0.5, 0.6) is 0 Å². The van der Waals surface area contributed by atoms with Gasteiger partial charge in [-0.2, -0.15) is 0 Å². The Kier molecular flexibility index (Phi) is 4.18. The molecule has 2 rings (SSSR count). The quantitative estimate of drug-likeness (QED) is 0.780. The van der Waals surface area contributed by atoms with Gasteiger partial charge in [-0.15, -0.1) is 0 Å². The lowest BCUT2D eigenvalue weighted by atomic mass is 10.3. The number of hydrogen-bond donors (Lipinski definition) is 1. The second kappa shape index (κ2) is 5.65. The molecule has 1 aliphatic rings. The summed E-state index contributed by atoms with van der Waals surface area (Å²) in [4.78, 5) is 6.94. The Balaban J connectivity index is 1.72. The van der Waals surface area contributed by atoms with Crippen LogP contribution >= 0.6 is 0 Å². The number of imidazole rings is 1. The van der Waals surface area contributed by atoms with Crippen molar-refractivity contribution in [1.82, 2.24) is 19.8 Å². The molecule has 1 atom stereocenters. The van der Waals surface area contributed by atoms with Crippen molar-refractivity contribution in [2.24, 2.45) is 7.05 Å². The Hall–Kier alpha value is -0.870. The van der Waals surface area contributed by atoms with Crippen LogP contribution in [-0.2, 0) is 7.05 Å². The third-order valence-electron chi connectivity index (χ3n) is 3.56. The number of aryl methyl sites for hydroxylation is 1. The summed E-state index contributed by atoms with van der Waals surface area (Å²) in [6.07, 6.45) is 6.64. The summed E-state index contributed by atoms with van der Waals surface area (Å²) in [6, 6.07) is 1.19. The van der Waals surface area contributed by atoms with Gasteiger partial charge in [-0.1, -0.05) is 6.92 Å². The van der Waals surface area contributed by atoms with Gasteiger partial charge in [-0.25, -0.2) is 4.98 Å². The normalized spacial score (nSPS) is 17.6. The van der Waals surface area contributed by atoms with Crippen molar-refractivity contribution in [3.05, 3.63) is 18.2 Å². The third-order valence-corrected chi connectivity index (χ3v) is 3.56. The highest BCUT2D eigenvalue weighted by Crippen LogP contribution is 2.25. The van der Waals surface area contributed by atoms with Gasteiger partial charge >= 0.3 is 0 Å². The Morgan fingerprint density at radius 1 is 1.59 bits per heavy atom. The van der Waals surface area contributed by atoms with E-state index in [2.05, 4.69) is 33.6 Å². The molecule has 4 heteroatoms. The van der Waals surface area contributed by atoms with Gasteiger partial charge in [0.2, 0.25) is 0 Å². The van der Waals surface area contributed by atoms with Gasteiger partial charge in [-0.05, 0) is 26.3 Å². The van der Waals surface area contributed by atoms with E-state index in [1.165, 1.54) is 19.4 Å². The van der Waals surface area contributed by atoms with E-state index in [1.807, 2.05) is 19.4 Å².